The second-order valence-electron chi connectivity index (χ2n) is 5.06. The topological polar surface area (TPSA) is 29.5 Å². The van der Waals surface area contributed by atoms with E-state index in [4.69, 9.17) is 4.74 Å². The Kier molecular flexibility index (Phi) is 6.34. The van der Waals surface area contributed by atoms with Gasteiger partial charge >= 0.3 is 0 Å². The van der Waals surface area contributed by atoms with Gasteiger partial charge in [0.15, 0.2) is 17.3 Å². The highest BCUT2D eigenvalue weighted by Gasteiger charge is 2.41. The van der Waals surface area contributed by atoms with Crippen molar-refractivity contribution in [3.63, 3.8) is 0 Å². The average molecular weight is 295 g/mol. The third-order valence-electron chi connectivity index (χ3n) is 4.39. The number of ketones is 1. The third kappa shape index (κ3) is 3.10. The molecular weight excluding hydrogens is 269 g/mol. The number of carbonyl (C=O) groups is 1. The highest BCUT2D eigenvalue weighted by atomic mass is 19.1. The van der Waals surface area contributed by atoms with Crippen molar-refractivity contribution >= 4 is 5.78 Å². The first-order chi connectivity index (χ1) is 10.0. The van der Waals surface area contributed by atoms with Crippen LogP contribution in [0.25, 0.3) is 0 Å². The molecule has 118 valence electrons. The van der Waals surface area contributed by atoms with Crippen molar-refractivity contribution in [3.05, 3.63) is 29.6 Å². The summed E-state index contributed by atoms with van der Waals surface area (Å²) in [6.45, 7) is 9.54. The SMILES string of the molecule is CCN(CC)C(CC)(CC)C(=O)c1cccc(OC)c1F. The molecule has 0 amide bonds. The van der Waals surface area contributed by atoms with E-state index in [1.165, 1.54) is 13.2 Å². The molecule has 1 aromatic rings. The molecule has 0 saturated heterocycles. The maximum absolute atomic E-state index is 14.4. The molecule has 0 aliphatic rings. The number of likely N-dealkylation sites (N-methyl/N-ethyl adjacent to an activating group) is 1. The summed E-state index contributed by atoms with van der Waals surface area (Å²) in [6.07, 6.45) is 1.31. The predicted octanol–water partition coefficient (Wildman–Crippen LogP) is 3.92. The highest BCUT2D eigenvalue weighted by Crippen LogP contribution is 2.31. The lowest BCUT2D eigenvalue weighted by atomic mass is 9.82. The van der Waals surface area contributed by atoms with Crippen LogP contribution in [0.2, 0.25) is 0 Å². The largest absolute Gasteiger partial charge is 0.494 e. The first-order valence-electron chi connectivity index (χ1n) is 7.64. The van der Waals surface area contributed by atoms with E-state index in [0.29, 0.717) is 12.8 Å². The van der Waals surface area contributed by atoms with E-state index < -0.39 is 11.4 Å². The molecule has 21 heavy (non-hydrogen) atoms. The lowest BCUT2D eigenvalue weighted by Crippen LogP contribution is -2.54. The minimum Gasteiger partial charge on any atom is -0.494 e. The van der Waals surface area contributed by atoms with Crippen LogP contribution >= 0.6 is 0 Å². The van der Waals surface area contributed by atoms with Crippen LogP contribution in [-0.2, 0) is 0 Å². The summed E-state index contributed by atoms with van der Waals surface area (Å²) in [4.78, 5) is 15.2. The van der Waals surface area contributed by atoms with Crippen LogP contribution in [-0.4, -0.2) is 36.4 Å². The van der Waals surface area contributed by atoms with E-state index in [9.17, 15) is 9.18 Å². The molecule has 1 rings (SSSR count). The second kappa shape index (κ2) is 7.55. The summed E-state index contributed by atoms with van der Waals surface area (Å²) in [5, 5.41) is 0. The number of methoxy groups -OCH3 is 1. The number of hydrogen-bond donors (Lipinski definition) is 0. The highest BCUT2D eigenvalue weighted by molar-refractivity contribution is 6.03. The van der Waals surface area contributed by atoms with Gasteiger partial charge in [0.1, 0.15) is 0 Å². The Morgan fingerprint density at radius 1 is 1.19 bits per heavy atom. The van der Waals surface area contributed by atoms with E-state index in [0.717, 1.165) is 13.1 Å². The summed E-state index contributed by atoms with van der Waals surface area (Å²) in [5.41, 5.74) is -0.540. The van der Waals surface area contributed by atoms with Crippen LogP contribution in [0.3, 0.4) is 0 Å². The molecule has 0 heterocycles. The second-order valence-corrected chi connectivity index (χ2v) is 5.06. The number of halogens is 1. The molecule has 4 heteroatoms. The molecule has 0 saturated carbocycles. The normalized spacial score (nSPS) is 11.8. The Balaban J connectivity index is 3.36. The quantitative estimate of drug-likeness (QED) is 0.681. The molecule has 0 aliphatic carbocycles. The molecule has 0 N–H and O–H groups in total. The van der Waals surface area contributed by atoms with Gasteiger partial charge in [0.25, 0.3) is 0 Å². The first-order valence-corrected chi connectivity index (χ1v) is 7.64. The molecule has 0 spiro atoms. The van der Waals surface area contributed by atoms with Crippen LogP contribution in [0.5, 0.6) is 5.75 Å². The van der Waals surface area contributed by atoms with Crippen LogP contribution < -0.4 is 4.74 Å². The van der Waals surface area contributed by atoms with Crippen LogP contribution in [0.4, 0.5) is 4.39 Å². The van der Waals surface area contributed by atoms with Gasteiger partial charge in [-0.05, 0) is 38.1 Å². The van der Waals surface area contributed by atoms with Gasteiger partial charge in [0.2, 0.25) is 0 Å². The zero-order valence-corrected chi connectivity index (χ0v) is 13.7. The number of ether oxygens (including phenoxy) is 1. The lowest BCUT2D eigenvalue weighted by molar-refractivity contribution is 0.0530. The van der Waals surface area contributed by atoms with Crippen molar-refractivity contribution < 1.29 is 13.9 Å². The van der Waals surface area contributed by atoms with Crippen molar-refractivity contribution in [2.75, 3.05) is 20.2 Å². The van der Waals surface area contributed by atoms with Gasteiger partial charge in [-0.25, -0.2) is 4.39 Å². The molecule has 3 nitrogen and oxygen atoms in total. The van der Waals surface area contributed by atoms with E-state index in [2.05, 4.69) is 4.90 Å². The Morgan fingerprint density at radius 2 is 1.76 bits per heavy atom. The fourth-order valence-electron chi connectivity index (χ4n) is 3.09. The van der Waals surface area contributed by atoms with E-state index in [1.807, 2.05) is 27.7 Å². The van der Waals surface area contributed by atoms with Crippen LogP contribution in [0.15, 0.2) is 18.2 Å². The van der Waals surface area contributed by atoms with Gasteiger partial charge < -0.3 is 4.74 Å². The minimum absolute atomic E-state index is 0.113. The van der Waals surface area contributed by atoms with Crippen molar-refractivity contribution in [2.45, 2.75) is 46.1 Å². The molecule has 1 aromatic carbocycles. The van der Waals surface area contributed by atoms with Gasteiger partial charge in [-0.15, -0.1) is 0 Å². The molecule has 0 radical (unpaired) electrons. The standard InChI is InChI=1S/C17H26FNO2/c1-6-17(7-2,19(8-3)9-4)16(20)13-11-10-12-14(21-5)15(13)18/h10-12H,6-9H2,1-5H3. The Morgan fingerprint density at radius 3 is 2.19 bits per heavy atom. The number of Topliss-reactive ketones (excluding diaryl/α,β-unsaturated/α-hetero) is 1. The summed E-state index contributed by atoms with van der Waals surface area (Å²) in [6, 6.07) is 4.74. The third-order valence-corrected chi connectivity index (χ3v) is 4.39. The monoisotopic (exact) mass is 295 g/mol. The number of hydrogen-bond acceptors (Lipinski definition) is 3. The molecule has 0 aromatic heterocycles. The van der Waals surface area contributed by atoms with Gasteiger partial charge in [-0.2, -0.15) is 0 Å². The van der Waals surface area contributed by atoms with Gasteiger partial charge in [0, 0.05) is 0 Å². The van der Waals surface area contributed by atoms with Crippen molar-refractivity contribution in [1.82, 2.24) is 4.90 Å². The smallest absolute Gasteiger partial charge is 0.186 e. The first kappa shape index (κ1) is 17.6. The van der Waals surface area contributed by atoms with Crippen molar-refractivity contribution in [2.24, 2.45) is 0 Å². The summed E-state index contributed by atoms with van der Waals surface area (Å²) < 4.78 is 19.4. The van der Waals surface area contributed by atoms with Gasteiger partial charge in [-0.1, -0.05) is 33.8 Å². The van der Waals surface area contributed by atoms with Crippen LogP contribution in [0, 0.1) is 5.82 Å². The Bertz CT molecular complexity index is 480. The lowest BCUT2D eigenvalue weighted by Gasteiger charge is -2.41. The summed E-state index contributed by atoms with van der Waals surface area (Å²) in [7, 11) is 1.41. The summed E-state index contributed by atoms with van der Waals surface area (Å²) >= 11 is 0. The summed E-state index contributed by atoms with van der Waals surface area (Å²) in [5.74, 6) is -0.613. The maximum Gasteiger partial charge on any atom is 0.186 e. The Labute approximate surface area is 127 Å². The average Bonchev–Trinajstić information content (AvgIpc) is 2.52. The zero-order valence-electron chi connectivity index (χ0n) is 13.7. The number of benzene rings is 1. The molecule has 0 atom stereocenters. The fraction of sp³-hybridized carbons (Fsp3) is 0.588. The van der Waals surface area contributed by atoms with Gasteiger partial charge in [0.05, 0.1) is 18.2 Å². The predicted molar refractivity (Wildman–Crippen MR) is 83.5 cm³/mol. The molecule has 0 aliphatic heterocycles. The van der Waals surface area contributed by atoms with Gasteiger partial charge in [-0.3, -0.25) is 9.69 Å². The van der Waals surface area contributed by atoms with Crippen molar-refractivity contribution in [1.29, 1.82) is 0 Å². The number of nitrogens with zero attached hydrogens (tertiary/aromatic N) is 1. The fourth-order valence-corrected chi connectivity index (χ4v) is 3.09. The molecule has 0 bridgehead atoms. The maximum atomic E-state index is 14.4. The van der Waals surface area contributed by atoms with E-state index in [-0.39, 0.29) is 17.1 Å². The minimum atomic E-state index is -0.656. The zero-order chi connectivity index (χ0) is 16.0. The van der Waals surface area contributed by atoms with Crippen molar-refractivity contribution in [3.8, 4) is 5.75 Å². The van der Waals surface area contributed by atoms with Crippen LogP contribution in [0.1, 0.15) is 50.9 Å². The molecule has 0 fully saturated rings. The molecular formula is C17H26FNO2. The van der Waals surface area contributed by atoms with E-state index >= 15 is 0 Å². The molecule has 0 unspecified atom stereocenters. The van der Waals surface area contributed by atoms with E-state index in [1.54, 1.807) is 12.1 Å². The number of carbonyl (C=O) groups excluding carboxylic acids is 1. The Hall–Kier alpha value is -1.42. The number of rotatable bonds is 8.